The average Bonchev–Trinajstić information content (AvgIpc) is 2.60. The van der Waals surface area contributed by atoms with Crippen molar-refractivity contribution >= 4 is 49.2 Å². The third-order valence-electron chi connectivity index (χ3n) is 2.44. The molecule has 6 N–H and O–H groups in total. The molecule has 0 bridgehead atoms. The minimum atomic E-state index is -0.542. The number of nitriles is 1. The topological polar surface area (TPSA) is 216 Å². The van der Waals surface area contributed by atoms with Gasteiger partial charge in [-0.2, -0.15) is 10.2 Å². The Labute approximate surface area is 169 Å². The first kappa shape index (κ1) is 23.9. The number of methoxy groups -OCH3 is 2. The van der Waals surface area contributed by atoms with Crippen LogP contribution in [0.4, 0.5) is 17.3 Å². The Kier molecular flexibility index (Phi) is 10.2. The summed E-state index contributed by atoms with van der Waals surface area (Å²) >= 11 is 6.04. The van der Waals surface area contributed by atoms with Crippen LogP contribution in [0.25, 0.3) is 0 Å². The summed E-state index contributed by atoms with van der Waals surface area (Å²) in [5.41, 5.74) is 14.7. The minimum Gasteiger partial charge on any atom is -0.593 e. The molecule has 0 unspecified atom stereocenters. The van der Waals surface area contributed by atoms with E-state index in [4.69, 9.17) is 26.2 Å². The van der Waals surface area contributed by atoms with E-state index in [0.29, 0.717) is 15.1 Å². The fraction of sp³-hybridized carbons (Fsp3) is 0.167. The van der Waals surface area contributed by atoms with Gasteiger partial charge in [-0.05, 0) is 20.8 Å². The van der Waals surface area contributed by atoms with Crippen LogP contribution in [0, 0.1) is 26.8 Å². The Morgan fingerprint density at radius 3 is 2.30 bits per heavy atom. The van der Waals surface area contributed by atoms with Gasteiger partial charge in [0.15, 0.2) is 6.19 Å². The van der Waals surface area contributed by atoms with Crippen molar-refractivity contribution in [2.45, 2.75) is 0 Å². The van der Waals surface area contributed by atoms with Gasteiger partial charge in [0.1, 0.15) is 11.4 Å². The highest BCUT2D eigenvalue weighted by Gasteiger charge is 2.15. The largest absolute Gasteiger partial charge is 0.593 e. The minimum absolute atomic E-state index is 0.0880. The summed E-state index contributed by atoms with van der Waals surface area (Å²) in [4.78, 5) is 13.8. The second-order valence-corrected chi connectivity index (χ2v) is 5.68. The van der Waals surface area contributed by atoms with E-state index in [-0.39, 0.29) is 27.8 Å². The van der Waals surface area contributed by atoms with E-state index in [1.165, 1.54) is 32.5 Å². The van der Waals surface area contributed by atoms with Crippen molar-refractivity contribution in [2.24, 2.45) is 5.73 Å². The Bertz CT molecular complexity index is 846. The van der Waals surface area contributed by atoms with Crippen molar-refractivity contribution in [2.75, 3.05) is 25.7 Å². The Morgan fingerprint density at radius 2 is 1.85 bits per heavy atom. The van der Waals surface area contributed by atoms with E-state index >= 15 is 0 Å². The molecular formula is C12H14Br2N8O5. The number of benzene rings is 1. The van der Waals surface area contributed by atoms with Gasteiger partial charge in [0.25, 0.3) is 11.6 Å². The number of nitro benzene ring substituents is 1. The van der Waals surface area contributed by atoms with Crippen LogP contribution in [0.3, 0.4) is 0 Å². The van der Waals surface area contributed by atoms with Gasteiger partial charge in [-0.1, -0.05) is 0 Å². The fourth-order valence-corrected chi connectivity index (χ4v) is 2.22. The quantitative estimate of drug-likeness (QED) is 0.1000. The predicted molar refractivity (Wildman–Crippen MR) is 101 cm³/mol. The van der Waals surface area contributed by atoms with E-state index in [9.17, 15) is 15.3 Å². The first-order valence-corrected chi connectivity index (χ1v) is 8.05. The molecule has 0 aliphatic rings. The van der Waals surface area contributed by atoms with Crippen LogP contribution in [0.1, 0.15) is 0 Å². The van der Waals surface area contributed by atoms with E-state index < -0.39 is 4.92 Å². The highest BCUT2D eigenvalue weighted by Crippen LogP contribution is 2.33. The van der Waals surface area contributed by atoms with E-state index in [1.807, 2.05) is 0 Å². The monoisotopic (exact) mass is 508 g/mol. The zero-order valence-electron chi connectivity index (χ0n) is 13.9. The molecule has 0 saturated carbocycles. The first-order valence-electron chi connectivity index (χ1n) is 6.46. The Balaban J connectivity index is 0.000000442. The second kappa shape index (κ2) is 11.5. The van der Waals surface area contributed by atoms with Crippen LogP contribution in [0.15, 0.2) is 21.2 Å². The molecule has 13 nitrogen and oxygen atoms in total. The molecule has 0 fully saturated rings. The molecule has 0 aliphatic carbocycles. The van der Waals surface area contributed by atoms with E-state index in [1.54, 1.807) is 0 Å². The van der Waals surface area contributed by atoms with Crippen LogP contribution >= 0.6 is 31.9 Å². The second-order valence-electron chi connectivity index (χ2n) is 4.07. The molecule has 2 rings (SSSR count). The number of anilines is 2. The number of nitro groups is 1. The number of nitrogens with zero attached hydrogens (tertiary/aromatic N) is 5. The zero-order chi connectivity index (χ0) is 21.1. The highest BCUT2D eigenvalue weighted by atomic mass is 79.9. The third-order valence-corrected chi connectivity index (χ3v) is 3.71. The Morgan fingerprint density at radius 1 is 1.30 bits per heavy atom. The summed E-state index contributed by atoms with van der Waals surface area (Å²) in [7, 11) is 2.85. The molecule has 0 amide bonds. The number of hydrogen-bond acceptors (Lipinski definition) is 11. The summed E-state index contributed by atoms with van der Waals surface area (Å²) in [6.07, 6.45) is 1.25. The van der Waals surface area contributed by atoms with Crippen LogP contribution in [0.2, 0.25) is 0 Å². The van der Waals surface area contributed by atoms with Crippen molar-refractivity contribution in [1.82, 2.24) is 10.1 Å². The van der Waals surface area contributed by atoms with Gasteiger partial charge in [-0.3, -0.25) is 10.1 Å². The molecule has 1 aromatic heterocycles. The van der Waals surface area contributed by atoms with Crippen molar-refractivity contribution in [3.63, 3.8) is 0 Å². The normalized spacial score (nSPS) is 8.85. The number of ether oxygens (including phenoxy) is 2. The number of rotatable bonds is 3. The summed E-state index contributed by atoms with van der Waals surface area (Å²) in [5.74, 6) is 0.468. The smallest absolute Gasteiger partial charge is 0.348 e. The molecule has 0 atom stereocenters. The molecule has 146 valence electrons. The fourth-order valence-electron chi connectivity index (χ4n) is 1.39. The van der Waals surface area contributed by atoms with Gasteiger partial charge in [0.05, 0.1) is 28.7 Å². The molecule has 2 aromatic rings. The van der Waals surface area contributed by atoms with Crippen LogP contribution < -0.4 is 31.5 Å². The number of aromatic nitrogens is 3. The van der Waals surface area contributed by atoms with Gasteiger partial charge >= 0.3 is 10.5 Å². The standard InChI is InChI=1S/C7H7BrN2O3.C4H5BrN4O2.CH2N2/c1-13-7-3-5(9)6(10(11)12)2-4(7)8;1-11-3-2(5)9(10)8-4(6)7-3;2-1-3/h2-3H,9H2,1H3;1H3,(H2,6,7,8);2H2. The summed E-state index contributed by atoms with van der Waals surface area (Å²) in [6, 6.07) is 2.72. The van der Waals surface area contributed by atoms with Crippen molar-refractivity contribution in [3.05, 3.63) is 36.5 Å². The van der Waals surface area contributed by atoms with Crippen molar-refractivity contribution < 1.29 is 19.2 Å². The molecule has 0 saturated heterocycles. The third kappa shape index (κ3) is 7.33. The van der Waals surface area contributed by atoms with E-state index in [0.717, 1.165) is 0 Å². The SMILES string of the molecule is COc1cc(N)c([N+](=O)[O-])cc1Br.COc1nc(N)n[n+]([O-])c1Br.N#CN. The van der Waals surface area contributed by atoms with Crippen LogP contribution in [-0.4, -0.2) is 29.2 Å². The molecule has 1 heterocycles. The van der Waals surface area contributed by atoms with E-state index in [2.05, 4.69) is 47.7 Å². The molecule has 15 heteroatoms. The number of halogens is 2. The number of nitrogen functional groups attached to an aromatic ring is 2. The van der Waals surface area contributed by atoms with Gasteiger partial charge in [-0.15, -0.1) is 0 Å². The summed E-state index contributed by atoms with van der Waals surface area (Å²) < 4.78 is 10.2. The molecule has 0 spiro atoms. The zero-order valence-corrected chi connectivity index (χ0v) is 17.1. The lowest BCUT2D eigenvalue weighted by Crippen LogP contribution is -2.34. The van der Waals surface area contributed by atoms with Gasteiger partial charge in [-0.25, -0.2) is 0 Å². The lowest BCUT2D eigenvalue weighted by atomic mass is 10.2. The van der Waals surface area contributed by atoms with Crippen molar-refractivity contribution in [3.8, 4) is 17.8 Å². The van der Waals surface area contributed by atoms with Gasteiger partial charge in [0.2, 0.25) is 0 Å². The predicted octanol–water partition coefficient (Wildman–Crippen LogP) is 0.838. The maximum atomic E-state index is 10.8. The van der Waals surface area contributed by atoms with Gasteiger partial charge < -0.3 is 31.9 Å². The lowest BCUT2D eigenvalue weighted by Gasteiger charge is -2.04. The Hall–Kier alpha value is -3.12. The summed E-state index contributed by atoms with van der Waals surface area (Å²) in [6.45, 7) is 0. The average molecular weight is 510 g/mol. The maximum absolute atomic E-state index is 10.8. The summed E-state index contributed by atoms with van der Waals surface area (Å²) in [5, 5.41) is 31.6. The number of nitrogens with two attached hydrogens (primary N) is 3. The highest BCUT2D eigenvalue weighted by molar-refractivity contribution is 9.10. The molecular weight excluding hydrogens is 496 g/mol. The lowest BCUT2D eigenvalue weighted by molar-refractivity contribution is -0.679. The molecule has 0 radical (unpaired) electrons. The maximum Gasteiger partial charge on any atom is 0.348 e. The number of hydrogen-bond donors (Lipinski definition) is 3. The van der Waals surface area contributed by atoms with Gasteiger partial charge in [0, 0.05) is 28.1 Å². The molecule has 0 aliphatic heterocycles. The van der Waals surface area contributed by atoms with Crippen LogP contribution in [0.5, 0.6) is 11.6 Å². The molecule has 1 aromatic carbocycles. The first-order chi connectivity index (χ1) is 12.6. The van der Waals surface area contributed by atoms with Crippen LogP contribution in [-0.2, 0) is 0 Å². The van der Waals surface area contributed by atoms with Crippen molar-refractivity contribution in [1.29, 1.82) is 5.26 Å². The molecule has 27 heavy (non-hydrogen) atoms.